The molecule has 0 unspecified atom stereocenters. The quantitative estimate of drug-likeness (QED) is 0.749. The Morgan fingerprint density at radius 3 is 1.87 bits per heavy atom. The zero-order valence-corrected chi connectivity index (χ0v) is 10.7. The van der Waals surface area contributed by atoms with Crippen LogP contribution in [0.1, 0.15) is 41.5 Å². The normalized spacial score (nSPS) is 12.5. The summed E-state index contributed by atoms with van der Waals surface area (Å²) in [6, 6.07) is -0.132. The summed E-state index contributed by atoms with van der Waals surface area (Å²) in [5.74, 6) is 0. The average molecular weight is 216 g/mol. The van der Waals surface area contributed by atoms with Crippen LogP contribution < -0.4 is 5.32 Å². The first-order valence-electron chi connectivity index (χ1n) is 5.45. The van der Waals surface area contributed by atoms with Crippen molar-refractivity contribution in [2.75, 3.05) is 13.1 Å². The summed E-state index contributed by atoms with van der Waals surface area (Å²) >= 11 is 0. The molecule has 90 valence electrons. The molecule has 0 aliphatic rings. The maximum Gasteiger partial charge on any atom is 0.317 e. The molecule has 4 nitrogen and oxygen atoms in total. The van der Waals surface area contributed by atoms with Gasteiger partial charge in [0.2, 0.25) is 0 Å². The Kier molecular flexibility index (Phi) is 4.59. The number of aliphatic hydroxyl groups is 1. The van der Waals surface area contributed by atoms with Crippen LogP contribution in [0.5, 0.6) is 0 Å². The predicted octanol–water partition coefficient (Wildman–Crippen LogP) is 1.59. The lowest BCUT2D eigenvalue weighted by molar-refractivity contribution is -0.00108. The molecule has 0 aromatic heterocycles. The molecule has 0 heterocycles. The number of carbonyl (C=O) groups is 1. The number of hydrogen-bond acceptors (Lipinski definition) is 2. The summed E-state index contributed by atoms with van der Waals surface area (Å²) in [5, 5.41) is 12.7. The van der Waals surface area contributed by atoms with Gasteiger partial charge in [-0.1, -0.05) is 0 Å². The zero-order valence-electron chi connectivity index (χ0n) is 10.7. The smallest absolute Gasteiger partial charge is 0.317 e. The highest BCUT2D eigenvalue weighted by atomic mass is 16.3. The van der Waals surface area contributed by atoms with Gasteiger partial charge in [-0.05, 0) is 41.5 Å². The topological polar surface area (TPSA) is 52.6 Å². The van der Waals surface area contributed by atoms with Gasteiger partial charge in [0.05, 0.1) is 11.1 Å². The fourth-order valence-corrected chi connectivity index (χ4v) is 1.01. The maximum absolute atomic E-state index is 11.8. The van der Waals surface area contributed by atoms with E-state index in [-0.39, 0.29) is 6.03 Å². The third-order valence-electron chi connectivity index (χ3n) is 3.00. The number of hydrogen-bond donors (Lipinski definition) is 2. The van der Waals surface area contributed by atoms with E-state index >= 15 is 0 Å². The molecule has 0 aliphatic heterocycles. The molecule has 0 spiro atoms. The molecule has 0 saturated carbocycles. The van der Waals surface area contributed by atoms with Crippen molar-refractivity contribution in [1.82, 2.24) is 10.2 Å². The predicted molar refractivity (Wildman–Crippen MR) is 61.8 cm³/mol. The third-order valence-corrected chi connectivity index (χ3v) is 3.00. The molecule has 0 bridgehead atoms. The van der Waals surface area contributed by atoms with E-state index in [0.29, 0.717) is 13.1 Å². The Hall–Kier alpha value is -0.770. The van der Waals surface area contributed by atoms with E-state index in [2.05, 4.69) is 5.32 Å². The molecule has 0 aromatic rings. The van der Waals surface area contributed by atoms with Gasteiger partial charge in [0.15, 0.2) is 0 Å². The number of rotatable bonds is 4. The molecule has 0 radical (unpaired) electrons. The van der Waals surface area contributed by atoms with E-state index in [1.54, 1.807) is 18.7 Å². The fraction of sp³-hybridized carbons (Fsp3) is 0.909. The van der Waals surface area contributed by atoms with Crippen LogP contribution in [0.4, 0.5) is 4.79 Å². The monoisotopic (exact) mass is 216 g/mol. The van der Waals surface area contributed by atoms with Gasteiger partial charge >= 0.3 is 6.03 Å². The Labute approximate surface area is 92.7 Å². The summed E-state index contributed by atoms with van der Waals surface area (Å²) in [6.07, 6.45) is 0. The van der Waals surface area contributed by atoms with Crippen molar-refractivity contribution in [3.05, 3.63) is 0 Å². The molecule has 0 atom stereocenters. The molecule has 0 saturated heterocycles. The first kappa shape index (κ1) is 14.2. The molecule has 2 N–H and O–H groups in total. The summed E-state index contributed by atoms with van der Waals surface area (Å²) in [5.41, 5.74) is -1.59. The van der Waals surface area contributed by atoms with Crippen LogP contribution in [0, 0.1) is 0 Å². The van der Waals surface area contributed by atoms with Gasteiger partial charge in [0, 0.05) is 13.1 Å². The Balaban J connectivity index is 4.53. The van der Waals surface area contributed by atoms with Crippen LogP contribution in [0.15, 0.2) is 0 Å². The molecule has 0 aliphatic carbocycles. The lowest BCUT2D eigenvalue weighted by atomic mass is 9.86. The first-order chi connectivity index (χ1) is 6.65. The second-order valence-electron chi connectivity index (χ2n) is 4.79. The summed E-state index contributed by atoms with van der Waals surface area (Å²) in [7, 11) is 0. The van der Waals surface area contributed by atoms with Crippen molar-refractivity contribution in [3.63, 3.8) is 0 Å². The highest BCUT2D eigenvalue weighted by molar-refractivity contribution is 5.75. The largest absolute Gasteiger partial charge is 0.388 e. The second kappa shape index (κ2) is 4.84. The molecule has 15 heavy (non-hydrogen) atoms. The number of nitrogens with zero attached hydrogens (tertiary/aromatic N) is 1. The van der Waals surface area contributed by atoms with E-state index < -0.39 is 11.1 Å². The van der Waals surface area contributed by atoms with Gasteiger partial charge < -0.3 is 15.3 Å². The minimum atomic E-state index is -0.949. The Morgan fingerprint density at radius 1 is 1.20 bits per heavy atom. The fourth-order valence-electron chi connectivity index (χ4n) is 1.01. The SMILES string of the molecule is CCN(CC)C(=O)NC(C)(C)C(C)(C)O. The second-order valence-corrected chi connectivity index (χ2v) is 4.79. The van der Waals surface area contributed by atoms with Crippen molar-refractivity contribution in [2.24, 2.45) is 0 Å². The van der Waals surface area contributed by atoms with E-state index in [0.717, 1.165) is 0 Å². The van der Waals surface area contributed by atoms with Crippen molar-refractivity contribution < 1.29 is 9.90 Å². The van der Waals surface area contributed by atoms with Gasteiger partial charge in [-0.3, -0.25) is 0 Å². The molecular formula is C11H24N2O2. The van der Waals surface area contributed by atoms with Gasteiger partial charge in [0.1, 0.15) is 0 Å². The van der Waals surface area contributed by atoms with Gasteiger partial charge in [-0.25, -0.2) is 4.79 Å². The molecule has 0 fully saturated rings. The third kappa shape index (κ3) is 3.70. The van der Waals surface area contributed by atoms with Crippen LogP contribution in [-0.2, 0) is 0 Å². The summed E-state index contributed by atoms with van der Waals surface area (Å²) < 4.78 is 0. The van der Waals surface area contributed by atoms with Gasteiger partial charge in [-0.2, -0.15) is 0 Å². The number of carbonyl (C=O) groups excluding carboxylic acids is 1. The molecule has 2 amide bonds. The number of amides is 2. The van der Waals surface area contributed by atoms with Crippen LogP contribution in [-0.4, -0.2) is 40.3 Å². The minimum Gasteiger partial charge on any atom is -0.388 e. The van der Waals surface area contributed by atoms with Crippen LogP contribution in [0.3, 0.4) is 0 Å². The highest BCUT2D eigenvalue weighted by Gasteiger charge is 2.36. The summed E-state index contributed by atoms with van der Waals surface area (Å²) in [6.45, 7) is 12.2. The van der Waals surface area contributed by atoms with Crippen molar-refractivity contribution in [3.8, 4) is 0 Å². The molecule has 0 rings (SSSR count). The van der Waals surface area contributed by atoms with Gasteiger partial charge in [0.25, 0.3) is 0 Å². The van der Waals surface area contributed by atoms with Crippen LogP contribution in [0.2, 0.25) is 0 Å². The highest BCUT2D eigenvalue weighted by Crippen LogP contribution is 2.20. The van der Waals surface area contributed by atoms with Crippen molar-refractivity contribution >= 4 is 6.03 Å². The first-order valence-corrected chi connectivity index (χ1v) is 5.45. The van der Waals surface area contributed by atoms with E-state index in [1.807, 2.05) is 27.7 Å². The number of nitrogens with one attached hydrogen (secondary N) is 1. The van der Waals surface area contributed by atoms with Crippen LogP contribution >= 0.6 is 0 Å². The average Bonchev–Trinajstić information content (AvgIpc) is 2.03. The molecular weight excluding hydrogens is 192 g/mol. The van der Waals surface area contributed by atoms with E-state index in [1.165, 1.54) is 0 Å². The Morgan fingerprint density at radius 2 is 1.60 bits per heavy atom. The van der Waals surface area contributed by atoms with E-state index in [4.69, 9.17) is 0 Å². The molecule has 0 aromatic carbocycles. The minimum absolute atomic E-state index is 0.132. The van der Waals surface area contributed by atoms with Crippen LogP contribution in [0.25, 0.3) is 0 Å². The summed E-state index contributed by atoms with van der Waals surface area (Å²) in [4.78, 5) is 13.5. The van der Waals surface area contributed by atoms with Gasteiger partial charge in [-0.15, -0.1) is 0 Å². The Bertz CT molecular complexity index is 215. The maximum atomic E-state index is 11.8. The van der Waals surface area contributed by atoms with E-state index in [9.17, 15) is 9.90 Å². The lowest BCUT2D eigenvalue weighted by Gasteiger charge is -2.39. The number of urea groups is 1. The van der Waals surface area contributed by atoms with Crippen molar-refractivity contribution in [1.29, 1.82) is 0 Å². The molecule has 4 heteroatoms. The van der Waals surface area contributed by atoms with Crippen molar-refractivity contribution in [2.45, 2.75) is 52.7 Å². The standard InChI is InChI=1S/C11H24N2O2/c1-7-13(8-2)9(14)12-10(3,4)11(5,6)15/h15H,7-8H2,1-6H3,(H,12,14). The zero-order chi connectivity index (χ0) is 12.3. The lowest BCUT2D eigenvalue weighted by Crippen LogP contribution is -2.60.